The predicted octanol–water partition coefficient (Wildman–Crippen LogP) is 2.95. The van der Waals surface area contributed by atoms with Gasteiger partial charge in [0.05, 0.1) is 0 Å². The number of likely N-dealkylation sites (N-methyl/N-ethyl adjacent to an activating group) is 1. The molecule has 19 heavy (non-hydrogen) atoms. The van der Waals surface area contributed by atoms with E-state index in [4.69, 9.17) is 0 Å². The van der Waals surface area contributed by atoms with Gasteiger partial charge in [-0.2, -0.15) is 0 Å². The molecule has 0 aliphatic carbocycles. The maximum Gasteiger partial charge on any atom is 0.321 e. The van der Waals surface area contributed by atoms with Crippen LogP contribution in [0.15, 0.2) is 12.1 Å². The molecule has 0 heterocycles. The van der Waals surface area contributed by atoms with Gasteiger partial charge in [-0.05, 0) is 57.0 Å². The van der Waals surface area contributed by atoms with Crippen molar-refractivity contribution in [3.05, 3.63) is 34.4 Å². The van der Waals surface area contributed by atoms with Crippen molar-refractivity contribution < 1.29 is 9.90 Å². The van der Waals surface area contributed by atoms with Crippen LogP contribution in [0.25, 0.3) is 0 Å². The summed E-state index contributed by atoms with van der Waals surface area (Å²) in [5, 5.41) is 9.46. The molecule has 0 aliphatic heterocycles. The lowest BCUT2D eigenvalue weighted by atomic mass is 9.94. The highest BCUT2D eigenvalue weighted by Crippen LogP contribution is 2.20. The molecule has 0 aromatic heterocycles. The number of benzene rings is 1. The molecule has 1 N–H and O–H groups in total. The molecular formula is C16H25NO2. The summed E-state index contributed by atoms with van der Waals surface area (Å²) in [6.07, 6.45) is 0.578. The second-order valence-corrected chi connectivity index (χ2v) is 5.16. The smallest absolute Gasteiger partial charge is 0.321 e. The Kier molecular flexibility index (Phi) is 5.55. The van der Waals surface area contributed by atoms with Crippen LogP contribution in [0.4, 0.5) is 0 Å². The van der Waals surface area contributed by atoms with Crippen molar-refractivity contribution in [1.29, 1.82) is 0 Å². The summed E-state index contributed by atoms with van der Waals surface area (Å²) in [6, 6.07) is 3.82. The third-order valence-corrected chi connectivity index (χ3v) is 3.78. The first kappa shape index (κ1) is 15.7. The fourth-order valence-electron chi connectivity index (χ4n) is 2.76. The number of rotatable bonds is 6. The standard InChI is InChI=1S/C16H25NO2/c1-6-17(7-2)15(16(18)19)10-14-12(4)8-11(3)9-13(14)5/h8-9,15H,6-7,10H2,1-5H3,(H,18,19)/t15-/m1/s1. The quantitative estimate of drug-likeness (QED) is 0.858. The number of nitrogens with zero attached hydrogens (tertiary/aromatic N) is 1. The molecule has 1 aromatic rings. The summed E-state index contributed by atoms with van der Waals surface area (Å²) >= 11 is 0. The third-order valence-electron chi connectivity index (χ3n) is 3.78. The molecule has 0 unspecified atom stereocenters. The van der Waals surface area contributed by atoms with E-state index in [2.05, 4.69) is 32.9 Å². The van der Waals surface area contributed by atoms with Crippen molar-refractivity contribution in [2.24, 2.45) is 0 Å². The monoisotopic (exact) mass is 263 g/mol. The first-order valence-corrected chi connectivity index (χ1v) is 6.94. The molecule has 106 valence electrons. The van der Waals surface area contributed by atoms with Gasteiger partial charge in [0, 0.05) is 0 Å². The molecule has 0 spiro atoms. The summed E-state index contributed by atoms with van der Waals surface area (Å²) in [7, 11) is 0. The van der Waals surface area contributed by atoms with Gasteiger partial charge in [-0.15, -0.1) is 0 Å². The second-order valence-electron chi connectivity index (χ2n) is 5.16. The van der Waals surface area contributed by atoms with Crippen LogP contribution in [-0.2, 0) is 11.2 Å². The van der Waals surface area contributed by atoms with E-state index in [1.54, 1.807) is 0 Å². The van der Waals surface area contributed by atoms with Crippen molar-refractivity contribution in [2.45, 2.75) is 47.1 Å². The lowest BCUT2D eigenvalue weighted by molar-refractivity contribution is -0.143. The maximum atomic E-state index is 11.5. The number of aliphatic carboxylic acids is 1. The molecule has 0 saturated carbocycles. The number of hydrogen-bond acceptors (Lipinski definition) is 2. The van der Waals surface area contributed by atoms with E-state index >= 15 is 0 Å². The lowest BCUT2D eigenvalue weighted by Crippen LogP contribution is -2.42. The van der Waals surface area contributed by atoms with E-state index in [1.165, 1.54) is 22.3 Å². The molecule has 1 rings (SSSR count). The highest BCUT2D eigenvalue weighted by Gasteiger charge is 2.24. The molecule has 1 atom stereocenters. The van der Waals surface area contributed by atoms with Gasteiger partial charge >= 0.3 is 5.97 Å². The van der Waals surface area contributed by atoms with Gasteiger partial charge in [0.25, 0.3) is 0 Å². The first-order chi connectivity index (χ1) is 8.90. The van der Waals surface area contributed by atoms with E-state index in [1.807, 2.05) is 18.7 Å². The highest BCUT2D eigenvalue weighted by atomic mass is 16.4. The summed E-state index contributed by atoms with van der Waals surface area (Å²) in [6.45, 7) is 11.7. The fourth-order valence-corrected chi connectivity index (χ4v) is 2.76. The summed E-state index contributed by atoms with van der Waals surface area (Å²) in [5.41, 5.74) is 4.78. The van der Waals surface area contributed by atoms with Crippen LogP contribution < -0.4 is 0 Å². The summed E-state index contributed by atoms with van der Waals surface area (Å²) in [5.74, 6) is -0.733. The Morgan fingerprint density at radius 1 is 1.16 bits per heavy atom. The van der Waals surface area contributed by atoms with Crippen molar-refractivity contribution in [3.63, 3.8) is 0 Å². The number of aryl methyl sites for hydroxylation is 3. The number of carboxylic acid groups (broad SMARTS) is 1. The molecule has 3 nitrogen and oxygen atoms in total. The van der Waals surface area contributed by atoms with Crippen LogP contribution in [0.5, 0.6) is 0 Å². The molecular weight excluding hydrogens is 238 g/mol. The Labute approximate surface area is 116 Å². The fraction of sp³-hybridized carbons (Fsp3) is 0.562. The molecule has 1 aromatic carbocycles. The maximum absolute atomic E-state index is 11.5. The van der Waals surface area contributed by atoms with Gasteiger partial charge in [0.1, 0.15) is 6.04 Å². The Bertz CT molecular complexity index is 427. The van der Waals surface area contributed by atoms with Crippen LogP contribution in [0.3, 0.4) is 0 Å². The van der Waals surface area contributed by atoms with E-state index < -0.39 is 12.0 Å². The molecule has 0 fully saturated rings. The molecule has 0 aliphatic rings. The zero-order valence-corrected chi connectivity index (χ0v) is 12.7. The average Bonchev–Trinajstić information content (AvgIpc) is 2.31. The molecule has 3 heteroatoms. The summed E-state index contributed by atoms with van der Waals surface area (Å²) < 4.78 is 0. The van der Waals surface area contributed by atoms with Crippen molar-refractivity contribution in [1.82, 2.24) is 4.90 Å². The molecule has 0 amide bonds. The van der Waals surface area contributed by atoms with Gasteiger partial charge in [0.2, 0.25) is 0 Å². The van der Waals surface area contributed by atoms with E-state index in [-0.39, 0.29) is 0 Å². The van der Waals surface area contributed by atoms with E-state index in [0.29, 0.717) is 6.42 Å². The zero-order chi connectivity index (χ0) is 14.6. The zero-order valence-electron chi connectivity index (χ0n) is 12.7. The van der Waals surface area contributed by atoms with Gasteiger partial charge in [0.15, 0.2) is 0 Å². The van der Waals surface area contributed by atoms with Crippen molar-refractivity contribution in [3.8, 4) is 0 Å². The Hall–Kier alpha value is -1.35. The van der Waals surface area contributed by atoms with Gasteiger partial charge in [-0.1, -0.05) is 31.5 Å². The van der Waals surface area contributed by atoms with Crippen molar-refractivity contribution in [2.75, 3.05) is 13.1 Å². The molecule has 0 radical (unpaired) electrons. The van der Waals surface area contributed by atoms with E-state index in [9.17, 15) is 9.90 Å². The van der Waals surface area contributed by atoms with Crippen molar-refractivity contribution >= 4 is 5.97 Å². The second kappa shape index (κ2) is 6.71. The van der Waals surface area contributed by atoms with Gasteiger partial charge < -0.3 is 5.11 Å². The Balaban J connectivity index is 3.07. The normalized spacial score (nSPS) is 12.7. The number of carbonyl (C=O) groups is 1. The largest absolute Gasteiger partial charge is 0.480 e. The number of carboxylic acids is 1. The minimum atomic E-state index is -0.733. The highest BCUT2D eigenvalue weighted by molar-refractivity contribution is 5.74. The third kappa shape index (κ3) is 3.80. The van der Waals surface area contributed by atoms with Crippen LogP contribution in [0, 0.1) is 20.8 Å². The minimum absolute atomic E-state index is 0.435. The van der Waals surface area contributed by atoms with E-state index in [0.717, 1.165) is 13.1 Å². The lowest BCUT2D eigenvalue weighted by Gasteiger charge is -2.27. The first-order valence-electron chi connectivity index (χ1n) is 6.94. The molecule has 0 saturated heterocycles. The number of hydrogen-bond donors (Lipinski definition) is 1. The Morgan fingerprint density at radius 3 is 2.00 bits per heavy atom. The predicted molar refractivity (Wildman–Crippen MR) is 78.7 cm³/mol. The topological polar surface area (TPSA) is 40.5 Å². The SMILES string of the molecule is CCN(CC)[C@H](Cc1c(C)cc(C)cc1C)C(=O)O. The van der Waals surface area contributed by atoms with Crippen LogP contribution in [-0.4, -0.2) is 35.1 Å². The average molecular weight is 263 g/mol. The van der Waals surface area contributed by atoms with Crippen LogP contribution in [0.2, 0.25) is 0 Å². The van der Waals surface area contributed by atoms with Gasteiger partial charge in [-0.3, -0.25) is 9.69 Å². The van der Waals surface area contributed by atoms with Gasteiger partial charge in [-0.25, -0.2) is 0 Å². The minimum Gasteiger partial charge on any atom is -0.480 e. The van der Waals surface area contributed by atoms with Crippen LogP contribution in [0.1, 0.15) is 36.1 Å². The summed E-state index contributed by atoms with van der Waals surface area (Å²) in [4.78, 5) is 13.5. The van der Waals surface area contributed by atoms with Crippen LogP contribution >= 0.6 is 0 Å². The Morgan fingerprint density at radius 2 is 1.63 bits per heavy atom. The molecule has 0 bridgehead atoms.